The monoisotopic (exact) mass is 585 g/mol. The Hall–Kier alpha value is -3.33. The number of halogens is 3. The molecule has 0 unspecified atom stereocenters. The van der Waals surface area contributed by atoms with Gasteiger partial charge in [-0.1, -0.05) is 0 Å². The van der Waals surface area contributed by atoms with Gasteiger partial charge in [0.15, 0.2) is 11.6 Å². The van der Waals surface area contributed by atoms with Gasteiger partial charge < -0.3 is 25.6 Å². The van der Waals surface area contributed by atoms with Crippen molar-refractivity contribution in [2.45, 2.75) is 61.8 Å². The fourth-order valence-electron chi connectivity index (χ4n) is 7.28. The van der Waals surface area contributed by atoms with Crippen molar-refractivity contribution in [3.8, 4) is 18.1 Å². The quantitative estimate of drug-likeness (QED) is 0.522. The summed E-state index contributed by atoms with van der Waals surface area (Å²) in [6, 6.07) is 4.97. The summed E-state index contributed by atoms with van der Waals surface area (Å²) in [5, 5.41) is 24.2. The van der Waals surface area contributed by atoms with E-state index in [0.717, 1.165) is 36.1 Å². The second-order valence-corrected chi connectivity index (χ2v) is 13.0. The number of rotatable bonds is 6. The third-order valence-corrected chi connectivity index (χ3v) is 10.4. The average Bonchev–Trinajstić information content (AvgIpc) is 3.55. The number of alkyl halides is 3. The number of nitriles is 2. The van der Waals surface area contributed by atoms with Gasteiger partial charge in [-0.3, -0.25) is 4.90 Å². The third kappa shape index (κ3) is 4.53. The number of piperazine rings is 1. The highest BCUT2D eigenvalue weighted by Gasteiger charge is 2.52. The lowest BCUT2D eigenvalue weighted by Crippen LogP contribution is -2.59. The van der Waals surface area contributed by atoms with Crippen LogP contribution in [0.4, 0.5) is 29.8 Å². The van der Waals surface area contributed by atoms with Gasteiger partial charge in [-0.15, -0.1) is 11.3 Å². The van der Waals surface area contributed by atoms with E-state index in [4.69, 9.17) is 10.5 Å². The second-order valence-electron chi connectivity index (χ2n) is 11.9. The first-order valence-electron chi connectivity index (χ1n) is 14.0. The fourth-order valence-corrected chi connectivity index (χ4v) is 8.42. The van der Waals surface area contributed by atoms with Crippen LogP contribution in [-0.4, -0.2) is 85.0 Å². The van der Waals surface area contributed by atoms with E-state index in [1.54, 1.807) is 0 Å². The molecule has 1 aliphatic carbocycles. The largest absolute Gasteiger partial charge is 0.462 e. The number of likely N-dealkylation sites (tertiary alicyclic amines) is 1. The number of fused-ring (bicyclic) bond motifs is 4. The molecular weight excluding hydrogens is 555 g/mol. The van der Waals surface area contributed by atoms with E-state index < -0.39 is 12.7 Å². The van der Waals surface area contributed by atoms with Crippen molar-refractivity contribution in [3.05, 3.63) is 21.6 Å². The molecule has 7 rings (SSSR count). The number of nitrogens with zero attached hydrogens (tertiary/aromatic N) is 7. The first-order valence-corrected chi connectivity index (χ1v) is 14.8. The number of aromatic nitrogens is 2. The highest BCUT2D eigenvalue weighted by molar-refractivity contribution is 7.16. The van der Waals surface area contributed by atoms with Gasteiger partial charge in [0.25, 0.3) is 0 Å². The Morgan fingerprint density at radius 2 is 1.73 bits per heavy atom. The number of hydrogen-bond acceptors (Lipinski definition) is 11. The van der Waals surface area contributed by atoms with Crippen molar-refractivity contribution in [2.75, 3.05) is 61.4 Å². The van der Waals surface area contributed by atoms with E-state index in [1.165, 1.54) is 16.2 Å². The SMILES string of the molecule is N#Cc1c(N2C[C@H]3CC[C@@H](C2)N3)nc(OC[C@@H]2CCN2CC(F)(F)F)nc1N1CC2(CCc3sc(N)c(C#N)c32)C1. The summed E-state index contributed by atoms with van der Waals surface area (Å²) in [6.07, 6.45) is 0.229. The molecule has 0 radical (unpaired) electrons. The van der Waals surface area contributed by atoms with E-state index in [9.17, 15) is 23.7 Å². The maximum Gasteiger partial charge on any atom is 0.401 e. The number of nitrogen functional groups attached to an aromatic ring is 1. The molecule has 2 aromatic heterocycles. The number of nitrogens with two attached hydrogens (primary N) is 1. The third-order valence-electron chi connectivity index (χ3n) is 9.30. The van der Waals surface area contributed by atoms with Gasteiger partial charge in [0.2, 0.25) is 0 Å². The molecule has 6 heterocycles. The lowest BCUT2D eigenvalue weighted by molar-refractivity contribution is -0.163. The van der Waals surface area contributed by atoms with Gasteiger partial charge in [0, 0.05) is 61.1 Å². The van der Waals surface area contributed by atoms with Crippen molar-refractivity contribution in [1.29, 1.82) is 10.5 Å². The summed E-state index contributed by atoms with van der Waals surface area (Å²) < 4.78 is 44.8. The number of aryl methyl sites for hydroxylation is 1. The normalized spacial score (nSPS) is 26.3. The van der Waals surface area contributed by atoms with Crippen molar-refractivity contribution in [1.82, 2.24) is 20.2 Å². The highest BCUT2D eigenvalue weighted by atomic mass is 32.1. The lowest BCUT2D eigenvalue weighted by Gasteiger charge is -2.49. The molecule has 4 aliphatic heterocycles. The zero-order valence-electron chi connectivity index (χ0n) is 22.4. The van der Waals surface area contributed by atoms with Crippen LogP contribution in [0.1, 0.15) is 47.3 Å². The van der Waals surface area contributed by atoms with Crippen LogP contribution in [0.3, 0.4) is 0 Å². The average molecular weight is 586 g/mol. The summed E-state index contributed by atoms with van der Waals surface area (Å²) in [4.78, 5) is 16.0. The van der Waals surface area contributed by atoms with Crippen LogP contribution in [0, 0.1) is 22.7 Å². The van der Waals surface area contributed by atoms with E-state index in [-0.39, 0.29) is 24.1 Å². The van der Waals surface area contributed by atoms with Gasteiger partial charge in [-0.2, -0.15) is 33.7 Å². The number of thiophene rings is 1. The molecule has 14 heteroatoms. The summed E-state index contributed by atoms with van der Waals surface area (Å²) in [6.45, 7) is 2.03. The Balaban J connectivity index is 1.18. The number of anilines is 3. The summed E-state index contributed by atoms with van der Waals surface area (Å²) >= 11 is 1.49. The zero-order valence-corrected chi connectivity index (χ0v) is 23.2. The summed E-state index contributed by atoms with van der Waals surface area (Å²) in [5.74, 6) is 0.983. The molecule has 2 bridgehead atoms. The lowest BCUT2D eigenvalue weighted by atomic mass is 9.74. The standard InChI is InChI=1S/C27H30F3N9OS/c28-27(29,30)14-37-6-4-17(37)11-40-25-35-23(38-9-15-1-2-16(10-38)34-15)19(8-32)24(36-25)39-12-26(13-39)5-3-20-21(26)18(7-31)22(33)41-20/h15-17,34H,1-6,9-14,33H2/t15-,16+,17-/m0/s1. The molecule has 5 aliphatic rings. The Bertz CT molecular complexity index is 1450. The predicted molar refractivity (Wildman–Crippen MR) is 146 cm³/mol. The Morgan fingerprint density at radius 3 is 2.34 bits per heavy atom. The minimum atomic E-state index is -4.27. The molecule has 216 valence electrons. The molecule has 1 spiro atoms. The van der Waals surface area contributed by atoms with Gasteiger partial charge in [0.05, 0.1) is 12.1 Å². The van der Waals surface area contributed by atoms with Crippen molar-refractivity contribution >= 4 is 28.0 Å². The molecule has 2 aromatic rings. The first kappa shape index (κ1) is 26.6. The van der Waals surface area contributed by atoms with Crippen LogP contribution in [0.5, 0.6) is 6.01 Å². The first-order chi connectivity index (χ1) is 19.7. The second kappa shape index (κ2) is 9.61. The molecule has 41 heavy (non-hydrogen) atoms. The van der Waals surface area contributed by atoms with E-state index >= 15 is 0 Å². The number of ether oxygens (including phenoxy) is 1. The van der Waals surface area contributed by atoms with Crippen molar-refractivity contribution in [2.24, 2.45) is 0 Å². The molecule has 4 saturated heterocycles. The van der Waals surface area contributed by atoms with Gasteiger partial charge in [-0.05, 0) is 37.7 Å². The van der Waals surface area contributed by atoms with Crippen molar-refractivity contribution < 1.29 is 17.9 Å². The fraction of sp³-hybridized carbons (Fsp3) is 0.630. The summed E-state index contributed by atoms with van der Waals surface area (Å²) in [7, 11) is 0. The minimum Gasteiger partial charge on any atom is -0.462 e. The summed E-state index contributed by atoms with van der Waals surface area (Å²) in [5.41, 5.74) is 7.91. The van der Waals surface area contributed by atoms with Gasteiger partial charge >= 0.3 is 12.2 Å². The van der Waals surface area contributed by atoms with E-state index in [0.29, 0.717) is 79.0 Å². The number of hydrogen-bond donors (Lipinski definition) is 2. The number of nitrogens with one attached hydrogen (secondary N) is 1. The van der Waals surface area contributed by atoms with Crippen LogP contribution in [0.15, 0.2) is 0 Å². The Labute approximate surface area is 239 Å². The molecule has 3 N–H and O–H groups in total. The Morgan fingerprint density at radius 1 is 1.05 bits per heavy atom. The van der Waals surface area contributed by atoms with Crippen LogP contribution in [0.25, 0.3) is 0 Å². The highest BCUT2D eigenvalue weighted by Crippen LogP contribution is 2.53. The molecule has 0 aromatic carbocycles. The molecule has 4 fully saturated rings. The van der Waals surface area contributed by atoms with Crippen molar-refractivity contribution in [3.63, 3.8) is 0 Å². The van der Waals surface area contributed by atoms with Crippen LogP contribution < -0.4 is 25.6 Å². The van der Waals surface area contributed by atoms with E-state index in [2.05, 4.69) is 32.3 Å². The van der Waals surface area contributed by atoms with Crippen LogP contribution >= 0.6 is 11.3 Å². The van der Waals surface area contributed by atoms with Gasteiger partial charge in [-0.25, -0.2) is 0 Å². The smallest absolute Gasteiger partial charge is 0.401 e. The molecule has 10 nitrogen and oxygen atoms in total. The van der Waals surface area contributed by atoms with Crippen LogP contribution in [-0.2, 0) is 11.8 Å². The van der Waals surface area contributed by atoms with E-state index in [1.807, 2.05) is 4.90 Å². The Kier molecular flexibility index (Phi) is 6.23. The topological polar surface area (TPSA) is 130 Å². The van der Waals surface area contributed by atoms with Crippen LogP contribution in [0.2, 0.25) is 0 Å². The molecule has 0 saturated carbocycles. The predicted octanol–water partition coefficient (Wildman–Crippen LogP) is 2.52. The molecular formula is C27H30F3N9OS. The molecule has 0 amide bonds. The zero-order chi connectivity index (χ0) is 28.5. The molecule has 3 atom stereocenters. The maximum absolute atomic E-state index is 13.0. The maximum atomic E-state index is 13.0. The van der Waals surface area contributed by atoms with Gasteiger partial charge in [0.1, 0.15) is 29.3 Å². The minimum absolute atomic E-state index is 0.0423.